The standard InChI is InChI=1S/C10H18N2S/c1-5-10(11,7(2)3)9-6-8(4)12-13-9/h6-7H,5,11H2,1-4H3. The molecule has 0 fully saturated rings. The van der Waals surface area contributed by atoms with E-state index in [9.17, 15) is 0 Å². The van der Waals surface area contributed by atoms with Crippen LogP contribution in [-0.2, 0) is 5.54 Å². The highest BCUT2D eigenvalue weighted by Gasteiger charge is 2.30. The summed E-state index contributed by atoms with van der Waals surface area (Å²) in [6.07, 6.45) is 0.965. The Labute approximate surface area is 84.3 Å². The van der Waals surface area contributed by atoms with Gasteiger partial charge in [0.25, 0.3) is 0 Å². The summed E-state index contributed by atoms with van der Waals surface area (Å²) in [5.41, 5.74) is 7.23. The van der Waals surface area contributed by atoms with Crippen LogP contribution in [0.5, 0.6) is 0 Å². The average Bonchev–Trinajstić information content (AvgIpc) is 2.50. The molecule has 0 aliphatic rings. The summed E-state index contributed by atoms with van der Waals surface area (Å²) in [6.45, 7) is 8.47. The summed E-state index contributed by atoms with van der Waals surface area (Å²) in [6, 6.07) is 2.11. The van der Waals surface area contributed by atoms with Crippen molar-refractivity contribution < 1.29 is 0 Å². The lowest BCUT2D eigenvalue weighted by atomic mass is 9.83. The fourth-order valence-corrected chi connectivity index (χ4v) is 2.52. The Morgan fingerprint density at radius 1 is 1.62 bits per heavy atom. The molecule has 1 rings (SSSR count). The number of nitrogens with two attached hydrogens (primary N) is 1. The molecule has 1 unspecified atom stereocenters. The van der Waals surface area contributed by atoms with Crippen LogP contribution in [0.25, 0.3) is 0 Å². The number of hydrogen-bond acceptors (Lipinski definition) is 3. The normalized spacial score (nSPS) is 16.2. The third-order valence-electron chi connectivity index (χ3n) is 2.70. The number of aromatic nitrogens is 1. The van der Waals surface area contributed by atoms with Gasteiger partial charge in [0.2, 0.25) is 0 Å². The zero-order valence-electron chi connectivity index (χ0n) is 8.79. The zero-order valence-corrected chi connectivity index (χ0v) is 9.61. The molecule has 0 bridgehead atoms. The van der Waals surface area contributed by atoms with E-state index in [1.807, 2.05) is 6.92 Å². The van der Waals surface area contributed by atoms with Crippen LogP contribution in [0.2, 0.25) is 0 Å². The second-order valence-electron chi connectivity index (χ2n) is 3.88. The minimum atomic E-state index is -0.189. The molecule has 1 aromatic heterocycles. The minimum Gasteiger partial charge on any atom is -0.320 e. The number of rotatable bonds is 3. The number of nitrogens with zero attached hydrogens (tertiary/aromatic N) is 1. The first kappa shape index (κ1) is 10.7. The van der Waals surface area contributed by atoms with Crippen LogP contribution < -0.4 is 5.73 Å². The van der Waals surface area contributed by atoms with E-state index in [0.29, 0.717) is 5.92 Å². The topological polar surface area (TPSA) is 38.9 Å². The van der Waals surface area contributed by atoms with E-state index in [1.54, 1.807) is 0 Å². The largest absolute Gasteiger partial charge is 0.320 e. The van der Waals surface area contributed by atoms with Crippen LogP contribution in [0.1, 0.15) is 37.8 Å². The Bertz CT molecular complexity index is 280. The van der Waals surface area contributed by atoms with Gasteiger partial charge < -0.3 is 5.73 Å². The monoisotopic (exact) mass is 198 g/mol. The van der Waals surface area contributed by atoms with Gasteiger partial charge in [-0.15, -0.1) is 0 Å². The molecule has 2 N–H and O–H groups in total. The Kier molecular flexibility index (Phi) is 3.09. The molecular formula is C10H18N2S. The predicted octanol–water partition coefficient (Wildman–Crippen LogP) is 2.67. The summed E-state index contributed by atoms with van der Waals surface area (Å²) < 4.78 is 4.27. The van der Waals surface area contributed by atoms with E-state index in [4.69, 9.17) is 5.73 Å². The van der Waals surface area contributed by atoms with Crippen LogP contribution >= 0.6 is 11.5 Å². The van der Waals surface area contributed by atoms with Crippen molar-refractivity contribution >= 4 is 11.5 Å². The van der Waals surface area contributed by atoms with E-state index in [-0.39, 0.29) is 5.54 Å². The molecule has 0 amide bonds. The highest BCUT2D eigenvalue weighted by atomic mass is 32.1. The molecule has 2 nitrogen and oxygen atoms in total. The Morgan fingerprint density at radius 3 is 2.54 bits per heavy atom. The first-order chi connectivity index (χ1) is 6.00. The fourth-order valence-electron chi connectivity index (χ4n) is 1.45. The summed E-state index contributed by atoms with van der Waals surface area (Å²) in [5, 5.41) is 0. The summed E-state index contributed by atoms with van der Waals surface area (Å²) in [4.78, 5) is 1.21. The van der Waals surface area contributed by atoms with E-state index in [1.165, 1.54) is 16.4 Å². The average molecular weight is 198 g/mol. The second kappa shape index (κ2) is 3.76. The van der Waals surface area contributed by atoms with Crippen LogP contribution in [-0.4, -0.2) is 4.37 Å². The van der Waals surface area contributed by atoms with Gasteiger partial charge in [-0.25, -0.2) is 0 Å². The van der Waals surface area contributed by atoms with Gasteiger partial charge in [0.15, 0.2) is 0 Å². The van der Waals surface area contributed by atoms with Gasteiger partial charge in [0.1, 0.15) is 0 Å². The molecule has 1 atom stereocenters. The first-order valence-corrected chi connectivity index (χ1v) is 5.50. The molecule has 0 spiro atoms. The minimum absolute atomic E-state index is 0.189. The predicted molar refractivity (Wildman–Crippen MR) is 57.8 cm³/mol. The van der Waals surface area contributed by atoms with Gasteiger partial charge in [-0.2, -0.15) is 4.37 Å². The van der Waals surface area contributed by atoms with Crippen LogP contribution in [0.4, 0.5) is 0 Å². The molecule has 0 aliphatic heterocycles. The van der Waals surface area contributed by atoms with Gasteiger partial charge >= 0.3 is 0 Å². The highest BCUT2D eigenvalue weighted by molar-refractivity contribution is 7.06. The maximum absolute atomic E-state index is 6.35. The van der Waals surface area contributed by atoms with Gasteiger partial charge in [-0.3, -0.25) is 0 Å². The van der Waals surface area contributed by atoms with Gasteiger partial charge in [0.05, 0.1) is 11.2 Å². The van der Waals surface area contributed by atoms with Crippen molar-refractivity contribution in [2.24, 2.45) is 11.7 Å². The molecule has 0 aromatic carbocycles. The smallest absolute Gasteiger partial charge is 0.0540 e. The van der Waals surface area contributed by atoms with Crippen molar-refractivity contribution in [3.05, 3.63) is 16.6 Å². The molecule has 1 aromatic rings. The summed E-state index contributed by atoms with van der Waals surface area (Å²) in [5.74, 6) is 0.456. The third-order valence-corrected chi connectivity index (χ3v) is 3.78. The Hall–Kier alpha value is -0.410. The lowest BCUT2D eigenvalue weighted by molar-refractivity contribution is 0.312. The Morgan fingerprint density at radius 2 is 2.23 bits per heavy atom. The quantitative estimate of drug-likeness (QED) is 0.811. The van der Waals surface area contributed by atoms with Crippen molar-refractivity contribution in [3.63, 3.8) is 0 Å². The lowest BCUT2D eigenvalue weighted by Crippen LogP contribution is -2.40. The molecule has 0 saturated heterocycles. The number of hydrogen-bond donors (Lipinski definition) is 1. The number of aryl methyl sites for hydroxylation is 1. The third kappa shape index (κ3) is 1.92. The summed E-state index contributed by atoms with van der Waals surface area (Å²) >= 11 is 1.53. The molecule has 3 heteroatoms. The van der Waals surface area contributed by atoms with Crippen molar-refractivity contribution in [1.29, 1.82) is 0 Å². The van der Waals surface area contributed by atoms with E-state index >= 15 is 0 Å². The molecule has 1 heterocycles. The van der Waals surface area contributed by atoms with E-state index < -0.39 is 0 Å². The summed E-state index contributed by atoms with van der Waals surface area (Å²) in [7, 11) is 0. The second-order valence-corrected chi connectivity index (χ2v) is 4.69. The molecular weight excluding hydrogens is 180 g/mol. The van der Waals surface area contributed by atoms with Gasteiger partial charge in [0, 0.05) is 4.88 Å². The molecule has 74 valence electrons. The molecule has 13 heavy (non-hydrogen) atoms. The van der Waals surface area contributed by atoms with Gasteiger partial charge in [-0.05, 0) is 36.9 Å². The highest BCUT2D eigenvalue weighted by Crippen LogP contribution is 2.32. The van der Waals surface area contributed by atoms with Crippen molar-refractivity contribution in [2.75, 3.05) is 0 Å². The maximum atomic E-state index is 6.35. The SMILES string of the molecule is CCC(N)(c1cc(C)ns1)C(C)C. The van der Waals surface area contributed by atoms with E-state index in [2.05, 4.69) is 31.2 Å². The fraction of sp³-hybridized carbons (Fsp3) is 0.700. The maximum Gasteiger partial charge on any atom is 0.0540 e. The van der Waals surface area contributed by atoms with E-state index in [0.717, 1.165) is 12.1 Å². The van der Waals surface area contributed by atoms with Gasteiger partial charge in [-0.1, -0.05) is 20.8 Å². The lowest BCUT2D eigenvalue weighted by Gasteiger charge is -2.30. The molecule has 0 radical (unpaired) electrons. The zero-order chi connectivity index (χ0) is 10.1. The van der Waals surface area contributed by atoms with Crippen molar-refractivity contribution in [3.8, 4) is 0 Å². The molecule has 0 saturated carbocycles. The Balaban J connectivity index is 3.02. The van der Waals surface area contributed by atoms with Crippen molar-refractivity contribution in [2.45, 2.75) is 39.7 Å². The van der Waals surface area contributed by atoms with Crippen LogP contribution in [0.3, 0.4) is 0 Å². The van der Waals surface area contributed by atoms with Crippen molar-refractivity contribution in [1.82, 2.24) is 4.37 Å². The van der Waals surface area contributed by atoms with Crippen LogP contribution in [0, 0.1) is 12.8 Å². The van der Waals surface area contributed by atoms with Crippen LogP contribution in [0.15, 0.2) is 6.07 Å². The molecule has 0 aliphatic carbocycles. The first-order valence-electron chi connectivity index (χ1n) is 4.73.